The zero-order valence-electron chi connectivity index (χ0n) is 12.0. The van der Waals surface area contributed by atoms with Crippen molar-refractivity contribution in [3.8, 4) is 0 Å². The molecule has 1 fully saturated rings. The molecule has 0 radical (unpaired) electrons. The molecule has 2 N–H and O–H groups in total. The van der Waals surface area contributed by atoms with Crippen molar-refractivity contribution in [3.05, 3.63) is 31.9 Å². The summed E-state index contributed by atoms with van der Waals surface area (Å²) in [6.07, 6.45) is -0.0256. The third kappa shape index (κ3) is 2.74. The number of carboxylic acids is 2. The largest absolute Gasteiger partial charge is 0.481 e. The van der Waals surface area contributed by atoms with Gasteiger partial charge in [0.1, 0.15) is 5.57 Å². The van der Waals surface area contributed by atoms with Gasteiger partial charge in [-0.05, 0) is 0 Å². The van der Waals surface area contributed by atoms with Gasteiger partial charge in [0.15, 0.2) is 0 Å². The molecule has 1 aliphatic carbocycles. The van der Waals surface area contributed by atoms with E-state index in [0.717, 1.165) is 6.08 Å². The summed E-state index contributed by atoms with van der Waals surface area (Å²) in [7, 11) is 0. The normalized spacial score (nSPS) is 30.3. The van der Waals surface area contributed by atoms with E-state index in [1.807, 2.05) is 0 Å². The first-order valence-corrected chi connectivity index (χ1v) is 6.80. The molecule has 11 heteroatoms. The number of piperidine rings is 1. The van der Waals surface area contributed by atoms with Crippen LogP contribution in [0.2, 0.25) is 0 Å². The van der Waals surface area contributed by atoms with Gasteiger partial charge in [-0.15, -0.1) is 0 Å². The Bertz CT molecular complexity index is 617. The van der Waals surface area contributed by atoms with Gasteiger partial charge in [-0.25, -0.2) is 4.79 Å². The number of carbonyl (C=O) groups is 2. The van der Waals surface area contributed by atoms with Gasteiger partial charge in [0.2, 0.25) is 5.54 Å². The molecule has 1 aliphatic heterocycles. The maximum atomic E-state index is 11.6. The minimum absolute atomic E-state index is 0.118. The van der Waals surface area contributed by atoms with Crippen molar-refractivity contribution in [2.75, 3.05) is 19.6 Å². The van der Waals surface area contributed by atoms with Gasteiger partial charge in [0.05, 0.1) is 25.9 Å². The number of carboxylic acid groups (broad SMARTS) is 2. The van der Waals surface area contributed by atoms with Gasteiger partial charge in [0, 0.05) is 22.8 Å². The molecule has 2 rings (SSSR count). The SMILES string of the molecule is O=C(O)CCN1CC2([N+](=O)[O-])CC=C(C(=O)O)C([N+](=O)[O-])(C1)C2. The Morgan fingerprint density at radius 1 is 1.22 bits per heavy atom. The average Bonchev–Trinajstić information content (AvgIpc) is 2.44. The summed E-state index contributed by atoms with van der Waals surface area (Å²) < 4.78 is 0. The topological polar surface area (TPSA) is 164 Å². The number of aliphatic carboxylic acids is 2. The summed E-state index contributed by atoms with van der Waals surface area (Å²) >= 11 is 0. The maximum absolute atomic E-state index is 11.6. The van der Waals surface area contributed by atoms with Crippen molar-refractivity contribution in [2.24, 2.45) is 0 Å². The smallest absolute Gasteiger partial charge is 0.338 e. The Hall–Kier alpha value is -2.56. The second-order valence-corrected chi connectivity index (χ2v) is 5.93. The van der Waals surface area contributed by atoms with Crippen molar-refractivity contribution in [1.82, 2.24) is 4.90 Å². The molecule has 0 saturated carbocycles. The summed E-state index contributed by atoms with van der Waals surface area (Å²) in [6.45, 7) is -0.624. The molecule has 23 heavy (non-hydrogen) atoms. The lowest BCUT2D eigenvalue weighted by Gasteiger charge is -2.45. The number of nitro groups is 2. The van der Waals surface area contributed by atoms with Crippen LogP contribution in [-0.4, -0.2) is 67.6 Å². The number of rotatable bonds is 6. The molecule has 0 aromatic heterocycles. The molecule has 1 saturated heterocycles. The minimum Gasteiger partial charge on any atom is -0.481 e. The maximum Gasteiger partial charge on any atom is 0.338 e. The molecule has 126 valence electrons. The zero-order valence-corrected chi connectivity index (χ0v) is 12.0. The molecular weight excluding hydrogens is 314 g/mol. The quantitative estimate of drug-likeness (QED) is 0.487. The van der Waals surface area contributed by atoms with Crippen molar-refractivity contribution in [2.45, 2.75) is 30.3 Å². The zero-order chi connectivity index (χ0) is 17.4. The van der Waals surface area contributed by atoms with Crippen molar-refractivity contribution >= 4 is 11.9 Å². The second-order valence-electron chi connectivity index (χ2n) is 5.93. The van der Waals surface area contributed by atoms with Gasteiger partial charge in [0.25, 0.3) is 5.54 Å². The lowest BCUT2D eigenvalue weighted by Crippen LogP contribution is -2.68. The van der Waals surface area contributed by atoms with Crippen molar-refractivity contribution < 1.29 is 29.6 Å². The van der Waals surface area contributed by atoms with Crippen LogP contribution in [0.3, 0.4) is 0 Å². The van der Waals surface area contributed by atoms with Crippen molar-refractivity contribution in [3.63, 3.8) is 0 Å². The van der Waals surface area contributed by atoms with Crippen LogP contribution in [-0.2, 0) is 9.59 Å². The Kier molecular flexibility index (Phi) is 4.07. The fourth-order valence-electron chi connectivity index (χ4n) is 3.41. The van der Waals surface area contributed by atoms with E-state index < -0.39 is 44.9 Å². The number of fused-ring (bicyclic) bond motifs is 2. The Morgan fingerprint density at radius 2 is 1.87 bits per heavy atom. The van der Waals surface area contributed by atoms with Crippen LogP contribution in [0, 0.1) is 20.2 Å². The van der Waals surface area contributed by atoms with E-state index in [0.29, 0.717) is 0 Å². The molecule has 0 aromatic carbocycles. The number of hydrogen-bond acceptors (Lipinski definition) is 7. The van der Waals surface area contributed by atoms with Gasteiger partial charge < -0.3 is 10.2 Å². The molecule has 2 bridgehead atoms. The van der Waals surface area contributed by atoms with Crippen LogP contribution in [0.25, 0.3) is 0 Å². The molecule has 2 unspecified atom stereocenters. The summed E-state index contributed by atoms with van der Waals surface area (Å²) in [6, 6.07) is 0. The van der Waals surface area contributed by atoms with E-state index in [1.54, 1.807) is 0 Å². The molecular formula is C12H15N3O8. The monoisotopic (exact) mass is 329 g/mol. The van der Waals surface area contributed by atoms with Gasteiger partial charge in [-0.2, -0.15) is 0 Å². The van der Waals surface area contributed by atoms with Gasteiger partial charge >= 0.3 is 11.9 Å². The molecule has 0 spiro atoms. The van der Waals surface area contributed by atoms with E-state index in [9.17, 15) is 34.9 Å². The van der Waals surface area contributed by atoms with E-state index in [-0.39, 0.29) is 32.5 Å². The highest BCUT2D eigenvalue weighted by Crippen LogP contribution is 2.44. The molecule has 0 amide bonds. The first kappa shape index (κ1) is 16.8. The number of likely N-dealkylation sites (tertiary alicyclic amines) is 1. The van der Waals surface area contributed by atoms with E-state index in [1.165, 1.54) is 4.90 Å². The first-order chi connectivity index (χ1) is 10.6. The highest BCUT2D eigenvalue weighted by atomic mass is 16.6. The standard InChI is InChI=1S/C12H15N3O8/c16-9(17)2-4-13-6-11(14(20)21)3-1-8(10(18)19)12(5-11,7-13)15(22)23/h1H,2-7H2,(H,16,17)(H,18,19). The highest BCUT2D eigenvalue weighted by Gasteiger charge is 2.66. The third-order valence-corrected chi connectivity index (χ3v) is 4.42. The molecule has 0 aromatic rings. The number of hydrogen-bond donors (Lipinski definition) is 2. The molecule has 11 nitrogen and oxygen atoms in total. The Morgan fingerprint density at radius 3 is 2.35 bits per heavy atom. The van der Waals surface area contributed by atoms with Gasteiger partial charge in [-0.3, -0.25) is 29.9 Å². The first-order valence-electron chi connectivity index (χ1n) is 6.80. The molecule has 1 heterocycles. The van der Waals surface area contributed by atoms with Gasteiger partial charge in [-0.1, -0.05) is 6.08 Å². The average molecular weight is 329 g/mol. The van der Waals surface area contributed by atoms with E-state index >= 15 is 0 Å². The van der Waals surface area contributed by atoms with Crippen LogP contribution in [0.5, 0.6) is 0 Å². The summed E-state index contributed by atoms with van der Waals surface area (Å²) in [5, 5.41) is 41.0. The molecule has 2 aliphatic rings. The predicted molar refractivity (Wildman–Crippen MR) is 73.1 cm³/mol. The minimum atomic E-state index is -2.10. The highest BCUT2D eigenvalue weighted by molar-refractivity contribution is 5.89. The molecule has 2 atom stereocenters. The Balaban J connectivity index is 2.47. The Labute approximate surface area is 129 Å². The fraction of sp³-hybridized carbons (Fsp3) is 0.667. The van der Waals surface area contributed by atoms with Crippen LogP contribution < -0.4 is 0 Å². The van der Waals surface area contributed by atoms with E-state index in [2.05, 4.69) is 0 Å². The van der Waals surface area contributed by atoms with Crippen LogP contribution in [0.1, 0.15) is 19.3 Å². The van der Waals surface area contributed by atoms with Crippen LogP contribution in [0.15, 0.2) is 11.6 Å². The fourth-order valence-corrected chi connectivity index (χ4v) is 3.41. The van der Waals surface area contributed by atoms with Crippen molar-refractivity contribution in [1.29, 1.82) is 0 Å². The van der Waals surface area contributed by atoms with Crippen LogP contribution >= 0.6 is 0 Å². The second kappa shape index (κ2) is 5.57. The van der Waals surface area contributed by atoms with E-state index in [4.69, 9.17) is 5.11 Å². The predicted octanol–water partition coefficient (Wildman–Crippen LogP) is -0.387. The lowest BCUT2D eigenvalue weighted by atomic mass is 9.68. The number of nitrogens with zero attached hydrogens (tertiary/aromatic N) is 3. The third-order valence-electron chi connectivity index (χ3n) is 4.42. The summed E-state index contributed by atoms with van der Waals surface area (Å²) in [4.78, 5) is 45.0. The summed E-state index contributed by atoms with van der Waals surface area (Å²) in [5.41, 5.74) is -4.25. The van der Waals surface area contributed by atoms with Crippen LogP contribution in [0.4, 0.5) is 0 Å². The summed E-state index contributed by atoms with van der Waals surface area (Å²) in [5.74, 6) is -2.63. The lowest BCUT2D eigenvalue weighted by molar-refractivity contribution is -0.620.